The smallest absolute Gasteiger partial charge is 0.286 e. The summed E-state index contributed by atoms with van der Waals surface area (Å²) < 4.78 is 26.2. The van der Waals surface area contributed by atoms with Crippen LogP contribution in [0.1, 0.15) is 12.5 Å². The third kappa shape index (κ3) is 2.78. The molecule has 24 heavy (non-hydrogen) atoms. The molecule has 0 amide bonds. The lowest BCUT2D eigenvalue weighted by Gasteiger charge is -2.05. The molecule has 0 bridgehead atoms. The summed E-state index contributed by atoms with van der Waals surface area (Å²) in [6.07, 6.45) is 4.44. The highest BCUT2D eigenvalue weighted by Crippen LogP contribution is 2.17. The van der Waals surface area contributed by atoms with E-state index in [1.807, 2.05) is 0 Å². The van der Waals surface area contributed by atoms with Crippen molar-refractivity contribution in [1.29, 1.82) is 0 Å². The molecule has 0 fully saturated rings. The van der Waals surface area contributed by atoms with Crippen LogP contribution in [0.2, 0.25) is 0 Å². The van der Waals surface area contributed by atoms with Gasteiger partial charge in [0.15, 0.2) is 9.84 Å². The van der Waals surface area contributed by atoms with Crippen molar-refractivity contribution in [2.45, 2.75) is 18.4 Å². The number of pyridine rings is 1. The average Bonchev–Trinajstić information content (AvgIpc) is 2.79. The topological polar surface area (TPSA) is 74.0 Å². The molecule has 7 heteroatoms. The fourth-order valence-electron chi connectivity index (χ4n) is 2.65. The Morgan fingerprint density at radius 1 is 1.17 bits per heavy atom. The van der Waals surface area contributed by atoms with Crippen molar-refractivity contribution in [2.24, 2.45) is 0 Å². The van der Waals surface area contributed by atoms with Crippen LogP contribution in [0.15, 0.2) is 59.0 Å². The normalized spacial score (nSPS) is 11.8. The van der Waals surface area contributed by atoms with Crippen molar-refractivity contribution < 1.29 is 8.42 Å². The fraction of sp³-hybridized carbons (Fsp3) is 0.176. The Balaban J connectivity index is 2.10. The van der Waals surface area contributed by atoms with Gasteiger partial charge in [0.1, 0.15) is 0 Å². The molecule has 0 N–H and O–H groups in total. The number of allylic oxidation sites excluding steroid dienone is 1. The number of hydrogen-bond acceptors (Lipinski definition) is 4. The third-order valence-electron chi connectivity index (χ3n) is 3.81. The Bertz CT molecular complexity index is 1090. The maximum Gasteiger partial charge on any atom is 0.333 e. The number of sulfone groups is 1. The van der Waals surface area contributed by atoms with Gasteiger partial charge in [0.2, 0.25) is 0 Å². The van der Waals surface area contributed by atoms with Crippen LogP contribution in [0.4, 0.5) is 0 Å². The summed E-state index contributed by atoms with van der Waals surface area (Å²) in [6, 6.07) is 8.29. The van der Waals surface area contributed by atoms with E-state index in [9.17, 15) is 13.2 Å². The fourth-order valence-corrected chi connectivity index (χ4v) is 3.28. The second-order valence-electron chi connectivity index (χ2n) is 5.72. The van der Waals surface area contributed by atoms with Gasteiger partial charge in [-0.2, -0.15) is 0 Å². The molecule has 0 radical (unpaired) electrons. The van der Waals surface area contributed by atoms with Crippen molar-refractivity contribution >= 4 is 26.6 Å². The van der Waals surface area contributed by atoms with Gasteiger partial charge >= 0.3 is 5.69 Å². The highest BCUT2D eigenvalue weighted by Gasteiger charge is 2.14. The van der Waals surface area contributed by atoms with Crippen LogP contribution in [-0.2, 0) is 16.4 Å². The van der Waals surface area contributed by atoms with E-state index in [4.69, 9.17) is 0 Å². The van der Waals surface area contributed by atoms with Crippen LogP contribution in [0, 0.1) is 0 Å². The van der Waals surface area contributed by atoms with E-state index in [-0.39, 0.29) is 10.6 Å². The average molecular weight is 343 g/mol. The molecule has 3 rings (SSSR count). The number of rotatable bonds is 4. The maximum atomic E-state index is 12.7. The minimum Gasteiger partial charge on any atom is -0.286 e. The molecule has 0 spiro atoms. The quantitative estimate of drug-likeness (QED) is 0.727. The largest absolute Gasteiger partial charge is 0.333 e. The zero-order valence-electron chi connectivity index (χ0n) is 13.4. The number of benzene rings is 1. The molecular weight excluding hydrogens is 326 g/mol. The minimum absolute atomic E-state index is 0.197. The van der Waals surface area contributed by atoms with Crippen LogP contribution in [0.25, 0.3) is 16.7 Å². The van der Waals surface area contributed by atoms with Crippen LogP contribution in [0.5, 0.6) is 0 Å². The molecule has 6 nitrogen and oxygen atoms in total. The first kappa shape index (κ1) is 16.2. The Labute approximate surface area is 139 Å². The van der Waals surface area contributed by atoms with E-state index in [0.717, 1.165) is 11.1 Å². The first-order valence-electron chi connectivity index (χ1n) is 7.29. The zero-order valence-corrected chi connectivity index (χ0v) is 14.2. The molecule has 0 unspecified atom stereocenters. The van der Waals surface area contributed by atoms with Crippen LogP contribution in [0.3, 0.4) is 0 Å². The number of aromatic nitrogens is 3. The summed E-state index contributed by atoms with van der Waals surface area (Å²) in [5, 5.41) is 0. The van der Waals surface area contributed by atoms with Crippen LogP contribution >= 0.6 is 0 Å². The molecule has 0 atom stereocenters. The standard InChI is InChI=1S/C17H17N3O3S/c1-12(2)20-15-8-9-18-10-16(15)19(17(20)21)11-13-4-6-14(7-5-13)24(3,22)23/h4-10H,1,11H2,2-3H3. The summed E-state index contributed by atoms with van der Waals surface area (Å²) >= 11 is 0. The molecule has 0 aliphatic carbocycles. The first-order chi connectivity index (χ1) is 11.3. The lowest BCUT2D eigenvalue weighted by molar-refractivity contribution is 0.602. The SMILES string of the molecule is C=C(C)n1c(=O)n(Cc2ccc(S(C)(=O)=O)cc2)c2cnccc21. The monoisotopic (exact) mass is 343 g/mol. The van der Waals surface area contributed by atoms with Crippen molar-refractivity contribution in [2.75, 3.05) is 6.26 Å². The number of nitrogens with zero attached hydrogens (tertiary/aromatic N) is 3. The summed E-state index contributed by atoms with van der Waals surface area (Å²) in [4.78, 5) is 17.0. The lowest BCUT2D eigenvalue weighted by Crippen LogP contribution is -2.23. The van der Waals surface area contributed by atoms with E-state index < -0.39 is 9.84 Å². The van der Waals surface area contributed by atoms with Gasteiger partial charge in [-0.3, -0.25) is 14.1 Å². The van der Waals surface area contributed by atoms with E-state index in [1.54, 1.807) is 58.8 Å². The molecule has 2 aromatic heterocycles. The molecule has 0 aliphatic rings. The van der Waals surface area contributed by atoms with Gasteiger partial charge < -0.3 is 0 Å². The number of hydrogen-bond donors (Lipinski definition) is 0. The van der Waals surface area contributed by atoms with Gasteiger partial charge in [-0.1, -0.05) is 18.7 Å². The van der Waals surface area contributed by atoms with Crippen LogP contribution < -0.4 is 5.69 Å². The predicted molar refractivity (Wildman–Crippen MR) is 93.7 cm³/mol. The molecule has 0 aliphatic heterocycles. The zero-order chi connectivity index (χ0) is 17.5. The number of imidazole rings is 1. The Morgan fingerprint density at radius 2 is 1.83 bits per heavy atom. The van der Waals surface area contributed by atoms with Gasteiger partial charge in [0.05, 0.1) is 28.7 Å². The Kier molecular flexibility index (Phi) is 3.88. The van der Waals surface area contributed by atoms with Gasteiger partial charge in [0, 0.05) is 18.1 Å². The molecule has 0 saturated heterocycles. The van der Waals surface area contributed by atoms with Crippen molar-refractivity contribution in [3.63, 3.8) is 0 Å². The minimum atomic E-state index is -3.24. The van der Waals surface area contributed by atoms with Crippen molar-refractivity contribution in [3.8, 4) is 0 Å². The van der Waals surface area contributed by atoms with Gasteiger partial charge in [-0.15, -0.1) is 0 Å². The second-order valence-corrected chi connectivity index (χ2v) is 7.74. The predicted octanol–water partition coefficient (Wildman–Crippen LogP) is 2.14. The van der Waals surface area contributed by atoms with E-state index in [0.29, 0.717) is 17.8 Å². The maximum absolute atomic E-state index is 12.7. The molecular formula is C17H17N3O3S. The summed E-state index contributed by atoms with van der Waals surface area (Å²) in [6.45, 7) is 5.95. The highest BCUT2D eigenvalue weighted by atomic mass is 32.2. The summed E-state index contributed by atoms with van der Waals surface area (Å²) in [7, 11) is -3.24. The number of fused-ring (bicyclic) bond motifs is 1. The summed E-state index contributed by atoms with van der Waals surface area (Å²) in [5.74, 6) is 0. The first-order valence-corrected chi connectivity index (χ1v) is 9.18. The molecule has 124 valence electrons. The summed E-state index contributed by atoms with van der Waals surface area (Å²) in [5.41, 5.74) is 2.71. The van der Waals surface area contributed by atoms with E-state index >= 15 is 0 Å². The molecule has 0 saturated carbocycles. The molecule has 1 aromatic carbocycles. The van der Waals surface area contributed by atoms with E-state index in [2.05, 4.69) is 11.6 Å². The van der Waals surface area contributed by atoms with Gasteiger partial charge in [-0.05, 0) is 30.7 Å². The van der Waals surface area contributed by atoms with Gasteiger partial charge in [-0.25, -0.2) is 13.2 Å². The Hall–Kier alpha value is -2.67. The highest BCUT2D eigenvalue weighted by molar-refractivity contribution is 7.90. The lowest BCUT2D eigenvalue weighted by atomic mass is 10.2. The molecule has 3 aromatic rings. The third-order valence-corrected chi connectivity index (χ3v) is 4.93. The second kappa shape index (κ2) is 5.76. The molecule has 2 heterocycles. The van der Waals surface area contributed by atoms with E-state index in [1.165, 1.54) is 6.26 Å². The van der Waals surface area contributed by atoms with Crippen molar-refractivity contribution in [3.05, 3.63) is 65.4 Å². The van der Waals surface area contributed by atoms with Crippen molar-refractivity contribution in [1.82, 2.24) is 14.1 Å². The van der Waals surface area contributed by atoms with Crippen LogP contribution in [-0.4, -0.2) is 28.8 Å². The van der Waals surface area contributed by atoms with Gasteiger partial charge in [0.25, 0.3) is 0 Å². The Morgan fingerprint density at radius 3 is 2.42 bits per heavy atom.